The number of carbonyl (C=O) groups excluding carboxylic acids is 1. The lowest BCUT2D eigenvalue weighted by Crippen LogP contribution is -2.52. The molecule has 0 aliphatic carbocycles. The van der Waals surface area contributed by atoms with Gasteiger partial charge in [-0.15, -0.1) is 0 Å². The maximum absolute atomic E-state index is 11.4. The van der Waals surface area contributed by atoms with Crippen LogP contribution in [0.4, 0.5) is 0 Å². The Hall–Kier alpha value is -0.870. The molecule has 0 atom stereocenters. The minimum atomic E-state index is 0.0617. The van der Waals surface area contributed by atoms with Crippen molar-refractivity contribution >= 4 is 5.91 Å². The average Bonchev–Trinajstić information content (AvgIpc) is 2.39. The second-order valence-corrected chi connectivity index (χ2v) is 4.41. The van der Waals surface area contributed by atoms with Crippen molar-refractivity contribution in [3.63, 3.8) is 0 Å². The first-order valence-electron chi connectivity index (χ1n) is 6.04. The second kappa shape index (κ2) is 5.46. The zero-order valence-corrected chi connectivity index (χ0v) is 9.73. The van der Waals surface area contributed by atoms with Gasteiger partial charge in [0.15, 0.2) is 0 Å². The summed E-state index contributed by atoms with van der Waals surface area (Å²) in [6, 6.07) is 0.662. The van der Waals surface area contributed by atoms with Crippen molar-refractivity contribution < 1.29 is 9.53 Å². The average molecular weight is 224 g/mol. The molecule has 2 heterocycles. The molecule has 0 aromatic carbocycles. The molecule has 2 aliphatic heterocycles. The maximum atomic E-state index is 11.4. The van der Waals surface area contributed by atoms with Gasteiger partial charge in [-0.2, -0.15) is 0 Å². The third-order valence-electron chi connectivity index (χ3n) is 3.51. The second-order valence-electron chi connectivity index (χ2n) is 4.41. The Morgan fingerprint density at radius 3 is 2.38 bits per heavy atom. The zero-order chi connectivity index (χ0) is 11.4. The normalized spacial score (nSPS) is 24.4. The van der Waals surface area contributed by atoms with E-state index in [1.165, 1.54) is 6.08 Å². The van der Waals surface area contributed by atoms with E-state index in [1.54, 1.807) is 0 Å². The van der Waals surface area contributed by atoms with Gasteiger partial charge in [-0.3, -0.25) is 9.69 Å². The Labute approximate surface area is 96.8 Å². The van der Waals surface area contributed by atoms with Gasteiger partial charge in [0.2, 0.25) is 5.91 Å². The van der Waals surface area contributed by atoms with Gasteiger partial charge in [0.25, 0.3) is 0 Å². The van der Waals surface area contributed by atoms with Gasteiger partial charge in [0, 0.05) is 45.4 Å². The van der Waals surface area contributed by atoms with Gasteiger partial charge in [-0.25, -0.2) is 0 Å². The van der Waals surface area contributed by atoms with Crippen molar-refractivity contribution in [3.05, 3.63) is 12.7 Å². The highest BCUT2D eigenvalue weighted by molar-refractivity contribution is 5.87. The van der Waals surface area contributed by atoms with E-state index in [9.17, 15) is 4.79 Å². The molecule has 0 N–H and O–H groups in total. The van der Waals surface area contributed by atoms with Crippen LogP contribution in [0.1, 0.15) is 12.8 Å². The largest absolute Gasteiger partial charge is 0.381 e. The van der Waals surface area contributed by atoms with Crippen molar-refractivity contribution in [1.82, 2.24) is 9.80 Å². The number of amides is 1. The van der Waals surface area contributed by atoms with Crippen LogP contribution in [-0.4, -0.2) is 61.1 Å². The molecule has 2 saturated heterocycles. The lowest BCUT2D eigenvalue weighted by atomic mass is 10.1. The summed E-state index contributed by atoms with van der Waals surface area (Å²) in [4.78, 5) is 15.8. The topological polar surface area (TPSA) is 32.8 Å². The fraction of sp³-hybridized carbons (Fsp3) is 0.750. The van der Waals surface area contributed by atoms with Gasteiger partial charge in [0.05, 0.1) is 0 Å². The summed E-state index contributed by atoms with van der Waals surface area (Å²) in [5.74, 6) is 0.0617. The molecular formula is C12H20N2O2. The van der Waals surface area contributed by atoms with Crippen molar-refractivity contribution in [2.75, 3.05) is 39.4 Å². The Morgan fingerprint density at radius 2 is 1.81 bits per heavy atom. The molecule has 2 fully saturated rings. The number of hydrogen-bond donors (Lipinski definition) is 0. The first-order chi connectivity index (χ1) is 7.81. The van der Waals surface area contributed by atoms with Crippen LogP contribution < -0.4 is 0 Å². The molecule has 4 heteroatoms. The summed E-state index contributed by atoms with van der Waals surface area (Å²) in [5.41, 5.74) is 0. The number of carbonyl (C=O) groups is 1. The molecule has 0 aromatic rings. The molecule has 1 amide bonds. The van der Waals surface area contributed by atoms with Gasteiger partial charge in [-0.05, 0) is 18.9 Å². The lowest BCUT2D eigenvalue weighted by Gasteiger charge is -2.40. The van der Waals surface area contributed by atoms with E-state index >= 15 is 0 Å². The number of piperazine rings is 1. The highest BCUT2D eigenvalue weighted by Crippen LogP contribution is 2.16. The molecule has 90 valence electrons. The summed E-state index contributed by atoms with van der Waals surface area (Å²) in [6.45, 7) is 8.95. The Kier molecular flexibility index (Phi) is 3.96. The maximum Gasteiger partial charge on any atom is 0.246 e. The summed E-state index contributed by atoms with van der Waals surface area (Å²) >= 11 is 0. The van der Waals surface area contributed by atoms with Crippen molar-refractivity contribution in [1.29, 1.82) is 0 Å². The smallest absolute Gasteiger partial charge is 0.246 e. The Morgan fingerprint density at radius 1 is 1.19 bits per heavy atom. The highest BCUT2D eigenvalue weighted by Gasteiger charge is 2.26. The summed E-state index contributed by atoms with van der Waals surface area (Å²) < 4.78 is 5.36. The van der Waals surface area contributed by atoms with Crippen LogP contribution in [-0.2, 0) is 9.53 Å². The monoisotopic (exact) mass is 224 g/mol. The SMILES string of the molecule is C=CC(=O)N1CCN(C2CCOCC2)CC1. The number of hydrogen-bond acceptors (Lipinski definition) is 3. The molecule has 0 unspecified atom stereocenters. The molecule has 2 rings (SSSR count). The van der Waals surface area contributed by atoms with Gasteiger partial charge < -0.3 is 9.64 Å². The van der Waals surface area contributed by atoms with E-state index in [1.807, 2.05) is 4.90 Å². The van der Waals surface area contributed by atoms with Crippen LogP contribution in [0.2, 0.25) is 0 Å². The molecule has 0 saturated carbocycles. The highest BCUT2D eigenvalue weighted by atomic mass is 16.5. The number of rotatable bonds is 2. The molecule has 0 aromatic heterocycles. The first kappa shape index (κ1) is 11.6. The standard InChI is InChI=1S/C12H20N2O2/c1-2-12(15)14-7-5-13(6-8-14)11-3-9-16-10-4-11/h2,11H,1,3-10H2. The van der Waals surface area contributed by atoms with Crippen LogP contribution in [0.15, 0.2) is 12.7 Å². The third kappa shape index (κ3) is 2.62. The minimum Gasteiger partial charge on any atom is -0.381 e. The number of nitrogens with zero attached hydrogens (tertiary/aromatic N) is 2. The van der Waals surface area contributed by atoms with E-state index in [0.29, 0.717) is 6.04 Å². The summed E-state index contributed by atoms with van der Waals surface area (Å²) in [5, 5.41) is 0. The van der Waals surface area contributed by atoms with Crippen LogP contribution in [0.5, 0.6) is 0 Å². The predicted molar refractivity (Wildman–Crippen MR) is 62.2 cm³/mol. The van der Waals surface area contributed by atoms with Crippen LogP contribution >= 0.6 is 0 Å². The predicted octanol–water partition coefficient (Wildman–Crippen LogP) is 0.496. The van der Waals surface area contributed by atoms with Crippen molar-refractivity contribution in [2.24, 2.45) is 0 Å². The molecule has 0 spiro atoms. The summed E-state index contributed by atoms with van der Waals surface area (Å²) in [6.07, 6.45) is 3.68. The molecule has 16 heavy (non-hydrogen) atoms. The molecular weight excluding hydrogens is 204 g/mol. The van der Waals surface area contributed by atoms with E-state index in [4.69, 9.17) is 4.74 Å². The zero-order valence-electron chi connectivity index (χ0n) is 9.73. The van der Waals surface area contributed by atoms with Crippen LogP contribution in [0.25, 0.3) is 0 Å². The quantitative estimate of drug-likeness (QED) is 0.640. The number of ether oxygens (including phenoxy) is 1. The van der Waals surface area contributed by atoms with E-state index in [0.717, 1.165) is 52.2 Å². The molecule has 0 radical (unpaired) electrons. The van der Waals surface area contributed by atoms with E-state index in [2.05, 4.69) is 11.5 Å². The molecule has 4 nitrogen and oxygen atoms in total. The Bertz CT molecular complexity index is 254. The van der Waals surface area contributed by atoms with E-state index < -0.39 is 0 Å². The van der Waals surface area contributed by atoms with Gasteiger partial charge >= 0.3 is 0 Å². The van der Waals surface area contributed by atoms with Crippen LogP contribution in [0.3, 0.4) is 0 Å². The fourth-order valence-corrected chi connectivity index (χ4v) is 2.49. The minimum absolute atomic E-state index is 0.0617. The first-order valence-corrected chi connectivity index (χ1v) is 6.04. The van der Waals surface area contributed by atoms with Crippen LogP contribution in [0, 0.1) is 0 Å². The Balaban J connectivity index is 1.80. The molecule has 2 aliphatic rings. The summed E-state index contributed by atoms with van der Waals surface area (Å²) in [7, 11) is 0. The van der Waals surface area contributed by atoms with Crippen molar-refractivity contribution in [3.8, 4) is 0 Å². The fourth-order valence-electron chi connectivity index (χ4n) is 2.49. The van der Waals surface area contributed by atoms with Gasteiger partial charge in [-0.1, -0.05) is 6.58 Å². The van der Waals surface area contributed by atoms with E-state index in [-0.39, 0.29) is 5.91 Å². The van der Waals surface area contributed by atoms with Gasteiger partial charge in [0.1, 0.15) is 0 Å². The lowest BCUT2D eigenvalue weighted by molar-refractivity contribution is -0.128. The molecule has 0 bridgehead atoms. The van der Waals surface area contributed by atoms with Crippen molar-refractivity contribution in [2.45, 2.75) is 18.9 Å². The third-order valence-corrected chi connectivity index (χ3v) is 3.51.